The van der Waals surface area contributed by atoms with E-state index in [1.54, 1.807) is 6.07 Å². The topological polar surface area (TPSA) is 67.0 Å². The molecule has 0 spiro atoms. The van der Waals surface area contributed by atoms with Gasteiger partial charge >= 0.3 is 5.97 Å². The van der Waals surface area contributed by atoms with Crippen LogP contribution in [0.25, 0.3) is 11.0 Å². The highest BCUT2D eigenvalue weighted by molar-refractivity contribution is 9.10. The normalized spacial score (nSPS) is 10.7. The maximum absolute atomic E-state index is 12.0. The van der Waals surface area contributed by atoms with Crippen LogP contribution in [0.2, 0.25) is 5.02 Å². The molecule has 1 aromatic heterocycles. The van der Waals surface area contributed by atoms with Crippen LogP contribution >= 0.6 is 27.5 Å². The van der Waals surface area contributed by atoms with E-state index in [0.29, 0.717) is 27.3 Å². The number of methoxy groups -OCH3 is 1. The summed E-state index contributed by atoms with van der Waals surface area (Å²) in [4.78, 5) is 19.1. The van der Waals surface area contributed by atoms with Crippen molar-refractivity contribution in [2.24, 2.45) is 0 Å². The highest BCUT2D eigenvalue weighted by Crippen LogP contribution is 2.35. The number of hydrogen-bond acceptors (Lipinski definition) is 4. The van der Waals surface area contributed by atoms with Crippen molar-refractivity contribution in [3.05, 3.63) is 51.7 Å². The number of carbonyl (C=O) groups excluding carboxylic acids is 1. The Morgan fingerprint density at radius 2 is 2.09 bits per heavy atom. The number of rotatable bonds is 3. The van der Waals surface area contributed by atoms with Gasteiger partial charge in [-0.1, -0.05) is 27.5 Å². The third-order valence-electron chi connectivity index (χ3n) is 3.17. The summed E-state index contributed by atoms with van der Waals surface area (Å²) in [5.41, 5.74) is 2.87. The zero-order valence-corrected chi connectivity index (χ0v) is 13.8. The average Bonchev–Trinajstić information content (AvgIpc) is 3.00. The Labute approximate surface area is 139 Å². The van der Waals surface area contributed by atoms with E-state index in [-0.39, 0.29) is 0 Å². The summed E-state index contributed by atoms with van der Waals surface area (Å²) in [6.07, 6.45) is 1.53. The third kappa shape index (κ3) is 2.67. The molecule has 0 saturated carbocycles. The van der Waals surface area contributed by atoms with E-state index in [4.69, 9.17) is 16.3 Å². The SMILES string of the molecule is COC(=O)c1cc2[nH]cnc2c(Cl)c1Nc1ccc(Br)cc1. The minimum absolute atomic E-state index is 0.340. The Balaban J connectivity index is 2.14. The summed E-state index contributed by atoms with van der Waals surface area (Å²) >= 11 is 9.79. The van der Waals surface area contributed by atoms with Gasteiger partial charge in [0.1, 0.15) is 5.52 Å². The van der Waals surface area contributed by atoms with Gasteiger partial charge in [0, 0.05) is 10.2 Å². The van der Waals surface area contributed by atoms with Gasteiger partial charge in [0.05, 0.1) is 35.2 Å². The summed E-state index contributed by atoms with van der Waals surface area (Å²) < 4.78 is 5.79. The van der Waals surface area contributed by atoms with Crippen LogP contribution < -0.4 is 5.32 Å². The largest absolute Gasteiger partial charge is 0.465 e. The molecule has 0 aliphatic rings. The fraction of sp³-hybridized carbons (Fsp3) is 0.0667. The Bertz CT molecular complexity index is 846. The zero-order chi connectivity index (χ0) is 15.7. The second-order valence-electron chi connectivity index (χ2n) is 4.54. The Morgan fingerprint density at radius 3 is 2.77 bits per heavy atom. The van der Waals surface area contributed by atoms with Gasteiger partial charge in [-0.2, -0.15) is 0 Å². The molecular formula is C15H11BrClN3O2. The predicted molar refractivity (Wildman–Crippen MR) is 89.9 cm³/mol. The van der Waals surface area contributed by atoms with Crippen LogP contribution in [0.3, 0.4) is 0 Å². The maximum atomic E-state index is 12.0. The summed E-state index contributed by atoms with van der Waals surface area (Å²) in [5, 5.41) is 3.52. The first-order valence-corrected chi connectivity index (χ1v) is 7.53. The second kappa shape index (κ2) is 5.98. The number of aromatic amines is 1. The summed E-state index contributed by atoms with van der Waals surface area (Å²) in [6.45, 7) is 0. The zero-order valence-electron chi connectivity index (χ0n) is 11.5. The van der Waals surface area contributed by atoms with E-state index in [9.17, 15) is 4.79 Å². The molecule has 0 saturated heterocycles. The van der Waals surface area contributed by atoms with Gasteiger partial charge in [0.15, 0.2) is 0 Å². The molecule has 0 atom stereocenters. The van der Waals surface area contributed by atoms with Crippen LogP contribution in [0.1, 0.15) is 10.4 Å². The smallest absolute Gasteiger partial charge is 0.340 e. The second-order valence-corrected chi connectivity index (χ2v) is 5.83. The third-order valence-corrected chi connectivity index (χ3v) is 4.07. The number of aromatic nitrogens is 2. The van der Waals surface area contributed by atoms with Crippen molar-refractivity contribution in [1.29, 1.82) is 0 Å². The van der Waals surface area contributed by atoms with Crippen LogP contribution in [0.4, 0.5) is 11.4 Å². The first kappa shape index (κ1) is 14.9. The van der Waals surface area contributed by atoms with Crippen molar-refractivity contribution in [2.45, 2.75) is 0 Å². The number of ether oxygens (including phenoxy) is 1. The molecule has 2 N–H and O–H groups in total. The lowest BCUT2D eigenvalue weighted by molar-refractivity contribution is 0.0602. The van der Waals surface area contributed by atoms with E-state index in [1.807, 2.05) is 24.3 Å². The summed E-state index contributed by atoms with van der Waals surface area (Å²) in [5.74, 6) is -0.474. The van der Waals surface area contributed by atoms with Crippen LogP contribution in [-0.2, 0) is 4.74 Å². The molecule has 0 aliphatic carbocycles. The number of hydrogen-bond donors (Lipinski definition) is 2. The molecule has 0 aliphatic heterocycles. The number of fused-ring (bicyclic) bond motifs is 1. The minimum Gasteiger partial charge on any atom is -0.465 e. The Morgan fingerprint density at radius 1 is 1.36 bits per heavy atom. The number of carbonyl (C=O) groups is 1. The molecule has 7 heteroatoms. The van der Waals surface area contributed by atoms with E-state index in [2.05, 4.69) is 31.2 Å². The molecule has 0 unspecified atom stereocenters. The average molecular weight is 381 g/mol. The molecule has 0 fully saturated rings. The van der Waals surface area contributed by atoms with Gasteiger partial charge in [-0.3, -0.25) is 0 Å². The van der Waals surface area contributed by atoms with E-state index in [0.717, 1.165) is 10.2 Å². The molecule has 0 radical (unpaired) electrons. The first-order chi connectivity index (χ1) is 10.6. The number of imidazole rings is 1. The van der Waals surface area contributed by atoms with E-state index < -0.39 is 5.97 Å². The molecule has 112 valence electrons. The van der Waals surface area contributed by atoms with E-state index in [1.165, 1.54) is 13.4 Å². The quantitative estimate of drug-likeness (QED) is 0.656. The van der Waals surface area contributed by atoms with Crippen molar-refractivity contribution < 1.29 is 9.53 Å². The number of halogens is 2. The number of anilines is 2. The van der Waals surface area contributed by atoms with Crippen LogP contribution in [-0.4, -0.2) is 23.0 Å². The molecule has 1 heterocycles. The monoisotopic (exact) mass is 379 g/mol. The van der Waals surface area contributed by atoms with Crippen molar-refractivity contribution in [3.63, 3.8) is 0 Å². The van der Waals surface area contributed by atoms with Crippen LogP contribution in [0.5, 0.6) is 0 Å². The minimum atomic E-state index is -0.474. The molecule has 3 aromatic rings. The number of esters is 1. The molecule has 0 amide bonds. The van der Waals surface area contributed by atoms with Crippen molar-refractivity contribution in [1.82, 2.24) is 9.97 Å². The summed E-state index contributed by atoms with van der Waals surface area (Å²) in [6, 6.07) is 9.19. The molecule has 5 nitrogen and oxygen atoms in total. The van der Waals surface area contributed by atoms with Gasteiger partial charge in [-0.25, -0.2) is 9.78 Å². The number of nitrogens with one attached hydrogen (secondary N) is 2. The molecule has 22 heavy (non-hydrogen) atoms. The lowest BCUT2D eigenvalue weighted by Gasteiger charge is -2.13. The van der Waals surface area contributed by atoms with E-state index >= 15 is 0 Å². The standard InChI is InChI=1S/C15H11BrClN3O2/c1-22-15(21)10-6-11-14(19-7-18-11)12(17)13(10)20-9-4-2-8(16)3-5-9/h2-7,20H,1H3,(H,18,19). The maximum Gasteiger partial charge on any atom is 0.340 e. The highest BCUT2D eigenvalue weighted by Gasteiger charge is 2.19. The van der Waals surface area contributed by atoms with Gasteiger partial charge in [-0.05, 0) is 30.3 Å². The summed E-state index contributed by atoms with van der Waals surface area (Å²) in [7, 11) is 1.33. The van der Waals surface area contributed by atoms with Crippen LogP contribution in [0, 0.1) is 0 Å². The van der Waals surface area contributed by atoms with Gasteiger partial charge in [0.25, 0.3) is 0 Å². The number of nitrogens with zero attached hydrogens (tertiary/aromatic N) is 1. The lowest BCUT2D eigenvalue weighted by Crippen LogP contribution is -2.06. The molecular weight excluding hydrogens is 370 g/mol. The number of H-pyrrole nitrogens is 1. The fourth-order valence-corrected chi connectivity index (χ4v) is 2.68. The fourth-order valence-electron chi connectivity index (χ4n) is 2.11. The van der Waals surface area contributed by atoms with Crippen molar-refractivity contribution in [2.75, 3.05) is 12.4 Å². The van der Waals surface area contributed by atoms with Gasteiger partial charge in [0.2, 0.25) is 0 Å². The molecule has 3 rings (SSSR count). The van der Waals surface area contributed by atoms with Crippen molar-refractivity contribution >= 4 is 55.9 Å². The lowest BCUT2D eigenvalue weighted by atomic mass is 10.1. The van der Waals surface area contributed by atoms with Gasteiger partial charge < -0.3 is 15.0 Å². The molecule has 0 bridgehead atoms. The highest BCUT2D eigenvalue weighted by atomic mass is 79.9. The first-order valence-electron chi connectivity index (χ1n) is 6.36. The Hall–Kier alpha value is -2.05. The Kier molecular flexibility index (Phi) is 4.04. The predicted octanol–water partition coefficient (Wildman–Crippen LogP) is 4.51. The van der Waals surface area contributed by atoms with Crippen molar-refractivity contribution in [3.8, 4) is 0 Å². The molecule has 2 aromatic carbocycles. The van der Waals surface area contributed by atoms with Crippen LogP contribution in [0.15, 0.2) is 41.1 Å². The number of benzene rings is 2. The van der Waals surface area contributed by atoms with Gasteiger partial charge in [-0.15, -0.1) is 0 Å².